The van der Waals surface area contributed by atoms with Crippen molar-refractivity contribution in [3.63, 3.8) is 0 Å². The van der Waals surface area contributed by atoms with Gasteiger partial charge in [0.2, 0.25) is 5.91 Å². The van der Waals surface area contributed by atoms with Gasteiger partial charge >= 0.3 is 0 Å². The number of nitrogens with one attached hydrogen (secondary N) is 1. The van der Waals surface area contributed by atoms with Crippen LogP contribution in [0.5, 0.6) is 0 Å². The fourth-order valence-electron chi connectivity index (χ4n) is 5.46. The Morgan fingerprint density at radius 3 is 2.56 bits per heavy atom. The van der Waals surface area contributed by atoms with Crippen LogP contribution in [0, 0.1) is 17.8 Å². The first-order valence-electron chi connectivity index (χ1n) is 13.5. The second-order valence-corrected chi connectivity index (χ2v) is 11.0. The minimum atomic E-state index is -0.101. The molecule has 1 saturated heterocycles. The lowest BCUT2D eigenvalue weighted by molar-refractivity contribution is -0.137. The Bertz CT molecular complexity index is 1160. The van der Waals surface area contributed by atoms with Crippen LogP contribution in [0.2, 0.25) is 0 Å². The van der Waals surface area contributed by atoms with E-state index in [-0.39, 0.29) is 23.5 Å². The molecule has 4 rings (SSSR count). The number of anilines is 1. The van der Waals surface area contributed by atoms with Crippen LogP contribution in [0.25, 0.3) is 11.2 Å². The molecule has 0 radical (unpaired) electrons. The predicted octanol–water partition coefficient (Wildman–Crippen LogP) is 4.30. The molecular weight excluding hydrogens is 452 g/mol. The number of rotatable bonds is 6. The SMILES string of the molecule is CCC(C)C(C)C(=O)N1CCC(c2nc3c(C4=CCC(C)C(C)NC4)cnn3c(N)c2C(C)=O)CC1. The molecule has 8 nitrogen and oxygen atoms in total. The lowest BCUT2D eigenvalue weighted by Gasteiger charge is -2.35. The smallest absolute Gasteiger partial charge is 0.225 e. The normalized spacial score (nSPS) is 23.3. The van der Waals surface area contributed by atoms with Crippen molar-refractivity contribution in [1.29, 1.82) is 0 Å². The van der Waals surface area contributed by atoms with Crippen LogP contribution in [0.3, 0.4) is 0 Å². The van der Waals surface area contributed by atoms with Crippen LogP contribution < -0.4 is 11.1 Å². The molecule has 0 spiro atoms. The summed E-state index contributed by atoms with van der Waals surface area (Å²) in [6.07, 6.45) is 7.60. The highest BCUT2D eigenvalue weighted by Gasteiger charge is 2.32. The van der Waals surface area contributed by atoms with Crippen molar-refractivity contribution in [3.05, 3.63) is 29.1 Å². The van der Waals surface area contributed by atoms with E-state index in [1.54, 1.807) is 11.4 Å². The molecule has 4 heterocycles. The average molecular weight is 495 g/mol. The number of carbonyl (C=O) groups is 2. The number of fused-ring (bicyclic) bond motifs is 1. The zero-order chi connectivity index (χ0) is 26.1. The van der Waals surface area contributed by atoms with Crippen LogP contribution in [0.4, 0.5) is 5.82 Å². The molecule has 0 aliphatic carbocycles. The molecule has 2 aliphatic heterocycles. The molecule has 2 aromatic heterocycles. The van der Waals surface area contributed by atoms with E-state index in [1.807, 2.05) is 18.0 Å². The van der Waals surface area contributed by atoms with Gasteiger partial charge in [-0.15, -0.1) is 0 Å². The minimum Gasteiger partial charge on any atom is -0.383 e. The van der Waals surface area contributed by atoms with E-state index < -0.39 is 0 Å². The van der Waals surface area contributed by atoms with Crippen LogP contribution in [-0.4, -0.2) is 56.9 Å². The van der Waals surface area contributed by atoms with Gasteiger partial charge in [-0.3, -0.25) is 9.59 Å². The van der Waals surface area contributed by atoms with Crippen LogP contribution in [0.1, 0.15) is 94.8 Å². The molecule has 0 aromatic carbocycles. The molecule has 1 fully saturated rings. The fraction of sp³-hybridized carbons (Fsp3) is 0.643. The molecule has 2 aliphatic rings. The van der Waals surface area contributed by atoms with E-state index in [0.717, 1.165) is 49.1 Å². The molecule has 1 amide bonds. The third-order valence-corrected chi connectivity index (χ3v) is 8.69. The first-order chi connectivity index (χ1) is 17.1. The largest absolute Gasteiger partial charge is 0.383 e. The van der Waals surface area contributed by atoms with Gasteiger partial charge in [0, 0.05) is 43.1 Å². The van der Waals surface area contributed by atoms with Crippen molar-refractivity contribution < 1.29 is 9.59 Å². The number of aromatic nitrogens is 3. The summed E-state index contributed by atoms with van der Waals surface area (Å²) in [5, 5.41) is 8.13. The molecule has 3 N–H and O–H groups in total. The maximum atomic E-state index is 13.0. The fourth-order valence-corrected chi connectivity index (χ4v) is 5.46. The number of piperidine rings is 1. The van der Waals surface area contributed by atoms with Crippen LogP contribution in [-0.2, 0) is 4.79 Å². The molecule has 196 valence electrons. The number of likely N-dealkylation sites (tertiary alicyclic amines) is 1. The Labute approximate surface area is 214 Å². The Morgan fingerprint density at radius 1 is 1.22 bits per heavy atom. The van der Waals surface area contributed by atoms with E-state index in [2.05, 4.69) is 44.2 Å². The lowest BCUT2D eigenvalue weighted by Crippen LogP contribution is -2.42. The second-order valence-electron chi connectivity index (χ2n) is 11.0. The van der Waals surface area contributed by atoms with E-state index >= 15 is 0 Å². The third-order valence-electron chi connectivity index (χ3n) is 8.69. The number of allylic oxidation sites excluding steroid dienone is 1. The highest BCUT2D eigenvalue weighted by Crippen LogP contribution is 2.35. The Morgan fingerprint density at radius 2 is 1.92 bits per heavy atom. The molecular formula is C28H42N6O2. The summed E-state index contributed by atoms with van der Waals surface area (Å²) >= 11 is 0. The van der Waals surface area contributed by atoms with E-state index in [1.165, 1.54) is 0 Å². The number of carbonyl (C=O) groups excluding carboxylic acids is 2. The second kappa shape index (κ2) is 10.7. The summed E-state index contributed by atoms with van der Waals surface area (Å²) in [6.45, 7) is 14.4. The molecule has 36 heavy (non-hydrogen) atoms. The number of amides is 1. The highest BCUT2D eigenvalue weighted by atomic mass is 16.2. The number of ketones is 1. The van der Waals surface area contributed by atoms with Gasteiger partial charge in [-0.2, -0.15) is 9.61 Å². The van der Waals surface area contributed by atoms with Gasteiger partial charge in [-0.25, -0.2) is 4.98 Å². The summed E-state index contributed by atoms with van der Waals surface area (Å²) in [7, 11) is 0. The van der Waals surface area contributed by atoms with E-state index in [4.69, 9.17) is 10.7 Å². The number of hydrogen-bond acceptors (Lipinski definition) is 6. The molecule has 2 aromatic rings. The van der Waals surface area contributed by atoms with Crippen molar-refractivity contribution >= 4 is 28.7 Å². The number of nitrogens with zero attached hydrogens (tertiary/aromatic N) is 4. The maximum Gasteiger partial charge on any atom is 0.225 e. The van der Waals surface area contributed by atoms with Gasteiger partial charge in [0.1, 0.15) is 5.82 Å². The molecule has 4 atom stereocenters. The summed E-state index contributed by atoms with van der Waals surface area (Å²) in [5.41, 5.74) is 10.6. The first kappa shape index (κ1) is 26.3. The van der Waals surface area contributed by atoms with Gasteiger partial charge in [0.25, 0.3) is 0 Å². The third kappa shape index (κ3) is 4.92. The Balaban J connectivity index is 1.65. The van der Waals surface area contributed by atoms with Gasteiger partial charge in [-0.05, 0) is 50.5 Å². The van der Waals surface area contributed by atoms with Gasteiger partial charge < -0.3 is 16.0 Å². The highest BCUT2D eigenvalue weighted by molar-refractivity contribution is 6.00. The number of nitrogens with two attached hydrogens (primary N) is 1. The average Bonchev–Trinajstić information content (AvgIpc) is 3.23. The van der Waals surface area contributed by atoms with E-state index in [0.29, 0.717) is 48.0 Å². The van der Waals surface area contributed by atoms with Gasteiger partial charge in [0.05, 0.1) is 17.5 Å². The molecule has 4 unspecified atom stereocenters. The Hall–Kier alpha value is -2.74. The number of hydrogen-bond donors (Lipinski definition) is 2. The van der Waals surface area contributed by atoms with Crippen LogP contribution in [0.15, 0.2) is 12.3 Å². The maximum absolute atomic E-state index is 13.0. The zero-order valence-electron chi connectivity index (χ0n) is 22.7. The predicted molar refractivity (Wildman–Crippen MR) is 144 cm³/mol. The Kier molecular flexibility index (Phi) is 7.83. The summed E-state index contributed by atoms with van der Waals surface area (Å²) < 4.78 is 1.61. The summed E-state index contributed by atoms with van der Waals surface area (Å²) in [5.74, 6) is 1.47. The topological polar surface area (TPSA) is 106 Å². The van der Waals surface area contributed by atoms with Crippen molar-refractivity contribution in [2.24, 2.45) is 17.8 Å². The van der Waals surface area contributed by atoms with Gasteiger partial charge in [-0.1, -0.05) is 40.2 Å². The van der Waals surface area contributed by atoms with E-state index in [9.17, 15) is 9.59 Å². The van der Waals surface area contributed by atoms with Crippen molar-refractivity contribution in [3.8, 4) is 0 Å². The summed E-state index contributed by atoms with van der Waals surface area (Å²) in [6, 6.07) is 0.425. The zero-order valence-corrected chi connectivity index (χ0v) is 22.7. The minimum absolute atomic E-state index is 0.0192. The van der Waals surface area contributed by atoms with Crippen molar-refractivity contribution in [2.45, 2.75) is 79.2 Å². The van der Waals surface area contributed by atoms with Crippen LogP contribution >= 0.6 is 0 Å². The van der Waals surface area contributed by atoms with Gasteiger partial charge in [0.15, 0.2) is 11.4 Å². The quantitative estimate of drug-likeness (QED) is 0.580. The summed E-state index contributed by atoms with van der Waals surface area (Å²) in [4.78, 5) is 32.8. The molecule has 0 saturated carbocycles. The standard InChI is InChI=1S/C28H42N6O2/c1-7-16(2)18(4)28(36)33-12-10-21(11-13-33)25-24(20(6)35)26(29)34-27(32-25)23(15-31-34)22-9-8-17(3)19(5)30-14-22/h9,15-19,21,30H,7-8,10-14,29H2,1-6H3. The first-order valence-corrected chi connectivity index (χ1v) is 13.5. The molecule has 8 heteroatoms. The number of Topliss-reactive ketones (excluding diaryl/α,β-unsaturated/α-hetero) is 1. The molecule has 0 bridgehead atoms. The number of nitrogen functional groups attached to an aromatic ring is 1. The van der Waals surface area contributed by atoms with Crippen molar-refractivity contribution in [1.82, 2.24) is 24.8 Å². The monoisotopic (exact) mass is 494 g/mol. The van der Waals surface area contributed by atoms with Crippen molar-refractivity contribution in [2.75, 3.05) is 25.4 Å². The lowest BCUT2D eigenvalue weighted by atomic mass is 9.87.